The third kappa shape index (κ3) is 3.35. The van der Waals surface area contributed by atoms with Gasteiger partial charge in [-0.1, -0.05) is 6.07 Å². The van der Waals surface area contributed by atoms with Gasteiger partial charge in [0.1, 0.15) is 0 Å². The van der Waals surface area contributed by atoms with Crippen LogP contribution in [0.3, 0.4) is 0 Å². The minimum Gasteiger partial charge on any atom is -0.373 e. The van der Waals surface area contributed by atoms with Gasteiger partial charge in [-0.25, -0.2) is 8.42 Å². The Hall–Kier alpha value is -0.840. The molecule has 2 saturated heterocycles. The van der Waals surface area contributed by atoms with Gasteiger partial charge in [-0.2, -0.15) is 17.5 Å². The Morgan fingerprint density at radius 2 is 2.17 bits per heavy atom. The van der Waals surface area contributed by atoms with Gasteiger partial charge in [-0.3, -0.25) is 4.98 Å². The van der Waals surface area contributed by atoms with Crippen LogP contribution in [0.15, 0.2) is 24.5 Å². The number of hydrogen-bond acceptors (Lipinski definition) is 5. The second-order valence-corrected chi connectivity index (χ2v) is 9.13. The number of ether oxygens (including phenoxy) is 1. The predicted molar refractivity (Wildman–Crippen MR) is 79.2 cm³/mol. The van der Waals surface area contributed by atoms with Crippen molar-refractivity contribution in [3.8, 4) is 0 Å². The molecule has 0 bridgehead atoms. The van der Waals surface area contributed by atoms with E-state index in [2.05, 4.69) is 4.98 Å². The molecule has 23 heavy (non-hydrogen) atoms. The molecule has 2 aliphatic heterocycles. The maximum absolute atomic E-state index is 12.5. The quantitative estimate of drug-likeness (QED) is 0.814. The molecule has 0 N–H and O–H groups in total. The highest BCUT2D eigenvalue weighted by Gasteiger charge is 2.59. The van der Waals surface area contributed by atoms with Crippen molar-refractivity contribution < 1.29 is 26.3 Å². The van der Waals surface area contributed by atoms with Crippen molar-refractivity contribution >= 4 is 21.8 Å². The molecule has 1 spiro atoms. The van der Waals surface area contributed by atoms with Gasteiger partial charge >= 0.3 is 15.5 Å². The number of pyridine rings is 1. The van der Waals surface area contributed by atoms with E-state index in [9.17, 15) is 21.6 Å². The van der Waals surface area contributed by atoms with Crippen LogP contribution < -0.4 is 0 Å². The molecule has 5 nitrogen and oxygen atoms in total. The lowest BCUT2D eigenvalue weighted by atomic mass is 9.95. The number of alkyl halides is 3. The molecule has 1 atom stereocenters. The Morgan fingerprint density at radius 1 is 1.43 bits per heavy atom. The number of nitrogens with zero attached hydrogens (tertiary/aromatic N) is 2. The second-order valence-electron chi connectivity index (χ2n) is 5.71. The summed E-state index contributed by atoms with van der Waals surface area (Å²) in [6, 6.07) is 3.68. The fourth-order valence-electron chi connectivity index (χ4n) is 2.74. The van der Waals surface area contributed by atoms with E-state index in [0.717, 1.165) is 5.56 Å². The lowest BCUT2D eigenvalue weighted by Gasteiger charge is -2.46. The van der Waals surface area contributed by atoms with E-state index in [0.29, 0.717) is 23.1 Å². The van der Waals surface area contributed by atoms with Crippen molar-refractivity contribution in [1.29, 1.82) is 0 Å². The van der Waals surface area contributed by atoms with Crippen molar-refractivity contribution in [1.82, 2.24) is 9.29 Å². The minimum absolute atomic E-state index is 0.0871. The number of thioether (sulfide) groups is 1. The van der Waals surface area contributed by atoms with Gasteiger partial charge in [0.15, 0.2) is 0 Å². The van der Waals surface area contributed by atoms with Crippen LogP contribution in [-0.2, 0) is 21.4 Å². The molecule has 0 unspecified atom stereocenters. The lowest BCUT2D eigenvalue weighted by molar-refractivity contribution is -0.0521. The molecule has 2 aliphatic rings. The number of aromatic nitrogens is 1. The molecule has 3 heterocycles. The Morgan fingerprint density at radius 3 is 2.78 bits per heavy atom. The summed E-state index contributed by atoms with van der Waals surface area (Å²) < 4.78 is 65.9. The second kappa shape index (κ2) is 5.91. The Kier molecular flexibility index (Phi) is 4.36. The fourth-order valence-corrected chi connectivity index (χ4v) is 5.58. The van der Waals surface area contributed by atoms with Crippen LogP contribution in [0.25, 0.3) is 0 Å². The Labute approximate surface area is 136 Å². The summed E-state index contributed by atoms with van der Waals surface area (Å²) in [5.41, 5.74) is -4.30. The standard InChI is InChI=1S/C13H15F3N2O3S2/c14-13(15,16)23(19,20)18-8-12(9-18)4-11(7-22-12)21-6-10-2-1-3-17-5-10/h1-3,5,11H,4,6-9H2/t11-/m1/s1. The maximum atomic E-state index is 12.5. The summed E-state index contributed by atoms with van der Waals surface area (Å²) in [5, 5.41) is 0. The van der Waals surface area contributed by atoms with Crippen LogP contribution in [0.5, 0.6) is 0 Å². The van der Waals surface area contributed by atoms with Gasteiger partial charge < -0.3 is 4.74 Å². The van der Waals surface area contributed by atoms with E-state index in [1.165, 1.54) is 11.8 Å². The van der Waals surface area contributed by atoms with Crippen LogP contribution in [0.4, 0.5) is 13.2 Å². The average molecular weight is 368 g/mol. The molecule has 128 valence electrons. The molecule has 2 fully saturated rings. The lowest BCUT2D eigenvalue weighted by Crippen LogP contribution is -2.62. The summed E-state index contributed by atoms with van der Waals surface area (Å²) in [7, 11) is -5.20. The molecule has 0 amide bonds. The van der Waals surface area contributed by atoms with Crippen molar-refractivity contribution in [2.24, 2.45) is 0 Å². The summed E-state index contributed by atoms with van der Waals surface area (Å²) in [5.74, 6) is 0.653. The molecule has 0 aliphatic carbocycles. The molecule has 0 aromatic carbocycles. The minimum atomic E-state index is -5.23. The molecule has 0 saturated carbocycles. The molecule has 0 radical (unpaired) electrons. The summed E-state index contributed by atoms with van der Waals surface area (Å²) in [4.78, 5) is 3.98. The summed E-state index contributed by atoms with van der Waals surface area (Å²) in [6.45, 7) is 0.179. The first-order valence-corrected chi connectivity index (χ1v) is 9.35. The molecule has 10 heteroatoms. The van der Waals surface area contributed by atoms with Gasteiger partial charge in [0.2, 0.25) is 0 Å². The molecular weight excluding hydrogens is 353 g/mol. The van der Waals surface area contributed by atoms with E-state index in [-0.39, 0.29) is 19.2 Å². The van der Waals surface area contributed by atoms with E-state index in [1.807, 2.05) is 6.07 Å². The maximum Gasteiger partial charge on any atom is 0.511 e. The summed E-state index contributed by atoms with van der Waals surface area (Å²) >= 11 is 1.49. The van der Waals surface area contributed by atoms with Crippen molar-refractivity contribution in [2.75, 3.05) is 18.8 Å². The first kappa shape index (κ1) is 17.0. The molecule has 3 rings (SSSR count). The monoisotopic (exact) mass is 368 g/mol. The number of halogens is 3. The highest BCUT2D eigenvalue weighted by atomic mass is 32.2. The van der Waals surface area contributed by atoms with E-state index >= 15 is 0 Å². The van der Waals surface area contributed by atoms with Gasteiger partial charge in [-0.15, -0.1) is 11.8 Å². The predicted octanol–water partition coefficient (Wildman–Crippen LogP) is 2.01. The Balaban J connectivity index is 1.52. The SMILES string of the molecule is O=S(=O)(N1CC2(C[C@@H](OCc3cccnc3)CS2)C1)C(F)(F)F. The van der Waals surface area contributed by atoms with Crippen LogP contribution >= 0.6 is 11.8 Å². The number of rotatable bonds is 4. The fraction of sp³-hybridized carbons (Fsp3) is 0.615. The Bertz CT molecular complexity index is 661. The van der Waals surface area contributed by atoms with E-state index in [4.69, 9.17) is 4.74 Å². The van der Waals surface area contributed by atoms with Crippen LogP contribution in [0, 0.1) is 0 Å². The molecule has 1 aromatic rings. The first-order valence-electron chi connectivity index (χ1n) is 6.93. The number of hydrogen-bond donors (Lipinski definition) is 0. The zero-order chi connectivity index (χ0) is 16.7. The average Bonchev–Trinajstić information content (AvgIpc) is 2.88. The van der Waals surface area contributed by atoms with E-state index in [1.54, 1.807) is 18.5 Å². The van der Waals surface area contributed by atoms with Crippen molar-refractivity contribution in [3.63, 3.8) is 0 Å². The van der Waals surface area contributed by atoms with Gasteiger partial charge in [-0.05, 0) is 18.1 Å². The highest BCUT2D eigenvalue weighted by Crippen LogP contribution is 2.48. The molecule has 1 aromatic heterocycles. The zero-order valence-electron chi connectivity index (χ0n) is 12.0. The van der Waals surface area contributed by atoms with E-state index < -0.39 is 20.3 Å². The third-order valence-corrected chi connectivity index (χ3v) is 7.04. The zero-order valence-corrected chi connectivity index (χ0v) is 13.6. The normalized spacial score (nSPS) is 24.7. The third-order valence-electron chi connectivity index (χ3n) is 3.95. The number of sulfonamides is 1. The summed E-state index contributed by atoms with van der Waals surface area (Å²) in [6.07, 6.45) is 3.82. The van der Waals surface area contributed by atoms with Gasteiger partial charge in [0.25, 0.3) is 0 Å². The van der Waals surface area contributed by atoms with Crippen LogP contribution in [0.1, 0.15) is 12.0 Å². The van der Waals surface area contributed by atoms with Crippen LogP contribution in [0.2, 0.25) is 0 Å². The molecular formula is C13H15F3N2O3S2. The largest absolute Gasteiger partial charge is 0.511 e. The van der Waals surface area contributed by atoms with Gasteiger partial charge in [0.05, 0.1) is 12.7 Å². The van der Waals surface area contributed by atoms with Gasteiger partial charge in [0, 0.05) is 36.0 Å². The topological polar surface area (TPSA) is 59.5 Å². The van der Waals surface area contributed by atoms with Crippen LogP contribution in [-0.4, -0.2) is 52.9 Å². The van der Waals surface area contributed by atoms with Crippen molar-refractivity contribution in [2.45, 2.75) is 29.4 Å². The smallest absolute Gasteiger partial charge is 0.373 e. The van der Waals surface area contributed by atoms with Crippen molar-refractivity contribution in [3.05, 3.63) is 30.1 Å². The first-order chi connectivity index (χ1) is 10.7. The highest BCUT2D eigenvalue weighted by molar-refractivity contribution is 8.01.